The topological polar surface area (TPSA) is 76.1 Å². The van der Waals surface area contributed by atoms with Crippen molar-refractivity contribution < 1.29 is 24.2 Å². The van der Waals surface area contributed by atoms with Gasteiger partial charge in [0, 0.05) is 35.1 Å². The van der Waals surface area contributed by atoms with Crippen LogP contribution < -0.4 is 4.74 Å². The quantitative estimate of drug-likeness (QED) is 0.434. The maximum absolute atomic E-state index is 12.8. The van der Waals surface area contributed by atoms with Gasteiger partial charge in [-0.2, -0.15) is 0 Å². The van der Waals surface area contributed by atoms with Gasteiger partial charge in [-0.05, 0) is 61.9 Å². The van der Waals surface area contributed by atoms with Crippen LogP contribution in [0, 0.1) is 6.92 Å². The van der Waals surface area contributed by atoms with Crippen LogP contribution in [-0.2, 0) is 35.5 Å². The van der Waals surface area contributed by atoms with E-state index in [1.807, 2.05) is 30.9 Å². The number of phenols is 1. The standard InChI is InChI=1S/C26H28BrNO5/c1-15(5-9-22(29)28-11-10-17-6-7-19(27)12-18(17)13-28)4-8-20-24(30)23-21(14-33-26(23)31)16(2)25(20)32-3/h4,6-7,12,30H,5,8-11,13-14H2,1-3H3/b15-4+. The number of aromatic hydroxyl groups is 1. The van der Waals surface area contributed by atoms with Gasteiger partial charge in [-0.15, -0.1) is 0 Å². The largest absolute Gasteiger partial charge is 0.507 e. The van der Waals surface area contributed by atoms with E-state index in [-0.39, 0.29) is 23.8 Å². The Morgan fingerprint density at radius 3 is 2.85 bits per heavy atom. The maximum atomic E-state index is 12.8. The smallest absolute Gasteiger partial charge is 0.342 e. The van der Waals surface area contributed by atoms with Gasteiger partial charge in [-0.3, -0.25) is 4.79 Å². The van der Waals surface area contributed by atoms with Gasteiger partial charge in [0.15, 0.2) is 0 Å². The first-order valence-corrected chi connectivity index (χ1v) is 11.9. The van der Waals surface area contributed by atoms with Crippen molar-refractivity contribution in [3.8, 4) is 11.5 Å². The van der Waals surface area contributed by atoms with Crippen molar-refractivity contribution in [1.29, 1.82) is 0 Å². The van der Waals surface area contributed by atoms with E-state index in [1.54, 1.807) is 7.11 Å². The molecule has 2 aromatic carbocycles. The van der Waals surface area contributed by atoms with Crippen LogP contribution in [0.2, 0.25) is 0 Å². The summed E-state index contributed by atoms with van der Waals surface area (Å²) in [5.74, 6) is 0.136. The highest BCUT2D eigenvalue weighted by atomic mass is 79.9. The Labute approximate surface area is 202 Å². The monoisotopic (exact) mass is 513 g/mol. The summed E-state index contributed by atoms with van der Waals surface area (Å²) in [5, 5.41) is 10.7. The van der Waals surface area contributed by atoms with Crippen molar-refractivity contribution in [1.82, 2.24) is 4.90 Å². The summed E-state index contributed by atoms with van der Waals surface area (Å²) in [5.41, 5.74) is 5.84. The lowest BCUT2D eigenvalue weighted by molar-refractivity contribution is -0.132. The number of esters is 1. The third kappa shape index (κ3) is 4.64. The summed E-state index contributed by atoms with van der Waals surface area (Å²) in [6.45, 7) is 5.39. The molecular weight excluding hydrogens is 486 g/mol. The predicted molar refractivity (Wildman–Crippen MR) is 128 cm³/mol. The highest BCUT2D eigenvalue weighted by Gasteiger charge is 2.31. The van der Waals surface area contributed by atoms with Crippen LogP contribution in [0.4, 0.5) is 0 Å². The minimum absolute atomic E-state index is 0.0757. The number of benzene rings is 2. The van der Waals surface area contributed by atoms with Crippen LogP contribution in [0.5, 0.6) is 11.5 Å². The summed E-state index contributed by atoms with van der Waals surface area (Å²) in [6.07, 6.45) is 4.34. The third-order valence-electron chi connectivity index (χ3n) is 6.57. The molecule has 0 saturated heterocycles. The molecule has 0 fully saturated rings. The van der Waals surface area contributed by atoms with E-state index < -0.39 is 5.97 Å². The van der Waals surface area contributed by atoms with Gasteiger partial charge >= 0.3 is 5.97 Å². The fourth-order valence-electron chi connectivity index (χ4n) is 4.61. The fraction of sp³-hybridized carbons (Fsp3) is 0.385. The number of cyclic esters (lactones) is 1. The molecule has 2 aromatic rings. The zero-order valence-electron chi connectivity index (χ0n) is 19.2. The zero-order chi connectivity index (χ0) is 23.7. The molecule has 1 N–H and O–H groups in total. The molecule has 6 nitrogen and oxygen atoms in total. The lowest BCUT2D eigenvalue weighted by atomic mass is 9.94. The van der Waals surface area contributed by atoms with E-state index in [0.717, 1.165) is 28.6 Å². The first-order chi connectivity index (χ1) is 15.8. The van der Waals surface area contributed by atoms with Crippen LogP contribution in [0.3, 0.4) is 0 Å². The minimum Gasteiger partial charge on any atom is -0.507 e. The van der Waals surface area contributed by atoms with E-state index in [0.29, 0.717) is 42.7 Å². The molecule has 0 unspecified atom stereocenters. The van der Waals surface area contributed by atoms with Crippen LogP contribution in [0.25, 0.3) is 0 Å². The van der Waals surface area contributed by atoms with E-state index in [2.05, 4.69) is 28.1 Å². The van der Waals surface area contributed by atoms with Gasteiger partial charge in [0.05, 0.1) is 7.11 Å². The Morgan fingerprint density at radius 2 is 2.09 bits per heavy atom. The number of ether oxygens (including phenoxy) is 2. The van der Waals surface area contributed by atoms with Gasteiger partial charge in [-0.1, -0.05) is 33.6 Å². The third-order valence-corrected chi connectivity index (χ3v) is 7.06. The van der Waals surface area contributed by atoms with Crippen LogP contribution in [0.1, 0.15) is 57.9 Å². The number of allylic oxidation sites excluding steroid dienone is 2. The van der Waals surface area contributed by atoms with Crippen molar-refractivity contribution in [2.24, 2.45) is 0 Å². The molecule has 2 aliphatic heterocycles. The summed E-state index contributed by atoms with van der Waals surface area (Å²) >= 11 is 3.51. The Bertz CT molecular complexity index is 1150. The van der Waals surface area contributed by atoms with E-state index >= 15 is 0 Å². The normalized spacial score (nSPS) is 15.2. The number of carbonyl (C=O) groups is 2. The van der Waals surface area contributed by atoms with Crippen molar-refractivity contribution in [3.63, 3.8) is 0 Å². The van der Waals surface area contributed by atoms with Crippen LogP contribution in [-0.4, -0.2) is 35.5 Å². The van der Waals surface area contributed by atoms with Crippen molar-refractivity contribution in [3.05, 3.63) is 67.7 Å². The number of nitrogens with zero attached hydrogens (tertiary/aromatic N) is 1. The molecule has 1 amide bonds. The lowest BCUT2D eigenvalue weighted by Gasteiger charge is -2.29. The van der Waals surface area contributed by atoms with Crippen LogP contribution >= 0.6 is 15.9 Å². The first-order valence-electron chi connectivity index (χ1n) is 11.1. The number of hydrogen-bond acceptors (Lipinski definition) is 5. The second-order valence-corrected chi connectivity index (χ2v) is 9.56. The molecular formula is C26H28BrNO5. The van der Waals surface area contributed by atoms with Gasteiger partial charge in [-0.25, -0.2) is 4.79 Å². The molecule has 2 heterocycles. The number of amides is 1. The van der Waals surface area contributed by atoms with Crippen LogP contribution in [0.15, 0.2) is 34.3 Å². The van der Waals surface area contributed by atoms with Gasteiger partial charge < -0.3 is 19.5 Å². The summed E-state index contributed by atoms with van der Waals surface area (Å²) in [6, 6.07) is 6.26. The minimum atomic E-state index is -0.504. The highest BCUT2D eigenvalue weighted by molar-refractivity contribution is 9.10. The highest BCUT2D eigenvalue weighted by Crippen LogP contribution is 2.42. The van der Waals surface area contributed by atoms with E-state index in [1.165, 1.54) is 11.1 Å². The van der Waals surface area contributed by atoms with Gasteiger partial charge in [0.1, 0.15) is 23.7 Å². The summed E-state index contributed by atoms with van der Waals surface area (Å²) in [7, 11) is 1.56. The Balaban J connectivity index is 1.42. The number of halogens is 1. The van der Waals surface area contributed by atoms with Crippen molar-refractivity contribution >= 4 is 27.8 Å². The van der Waals surface area contributed by atoms with Crippen molar-refractivity contribution in [2.75, 3.05) is 13.7 Å². The molecule has 33 heavy (non-hydrogen) atoms. The molecule has 0 saturated carbocycles. The molecule has 0 aromatic heterocycles. The maximum Gasteiger partial charge on any atom is 0.342 e. The first kappa shape index (κ1) is 23.4. The van der Waals surface area contributed by atoms with Gasteiger partial charge in [0.2, 0.25) is 5.91 Å². The fourth-order valence-corrected chi connectivity index (χ4v) is 5.02. The molecule has 174 valence electrons. The lowest BCUT2D eigenvalue weighted by Crippen LogP contribution is -2.35. The number of rotatable bonds is 6. The zero-order valence-corrected chi connectivity index (χ0v) is 20.8. The van der Waals surface area contributed by atoms with Gasteiger partial charge in [0.25, 0.3) is 0 Å². The van der Waals surface area contributed by atoms with Crippen molar-refractivity contribution in [2.45, 2.75) is 52.7 Å². The number of hydrogen-bond donors (Lipinski definition) is 1. The number of methoxy groups -OCH3 is 1. The Kier molecular flexibility index (Phi) is 6.79. The van der Waals surface area contributed by atoms with E-state index in [9.17, 15) is 14.7 Å². The SMILES string of the molecule is COc1c(C)c2c(c(O)c1C/C=C(\C)CCC(=O)N1CCc3ccc(Br)cc3C1)C(=O)OC2. The average molecular weight is 514 g/mol. The second kappa shape index (κ2) is 9.59. The molecule has 0 aliphatic carbocycles. The van der Waals surface area contributed by atoms with E-state index in [4.69, 9.17) is 9.47 Å². The Morgan fingerprint density at radius 1 is 1.30 bits per heavy atom. The summed E-state index contributed by atoms with van der Waals surface area (Å²) in [4.78, 5) is 26.8. The molecule has 0 spiro atoms. The molecule has 7 heteroatoms. The molecule has 0 atom stereocenters. The Hall–Kier alpha value is -2.80. The molecule has 2 aliphatic rings. The summed E-state index contributed by atoms with van der Waals surface area (Å²) < 4.78 is 11.7. The average Bonchev–Trinajstić information content (AvgIpc) is 3.20. The number of fused-ring (bicyclic) bond motifs is 2. The predicted octanol–water partition coefficient (Wildman–Crippen LogP) is 5.00. The number of carbonyl (C=O) groups excluding carboxylic acids is 2. The second-order valence-electron chi connectivity index (χ2n) is 8.65. The number of phenolic OH excluding ortho intramolecular Hbond substituents is 1. The molecule has 0 radical (unpaired) electrons. The molecule has 0 bridgehead atoms. The molecule has 4 rings (SSSR count).